The predicted molar refractivity (Wildman–Crippen MR) is 137 cm³/mol. The summed E-state index contributed by atoms with van der Waals surface area (Å²) in [5, 5.41) is 14.0. The molecule has 2 aromatic carbocycles. The van der Waals surface area contributed by atoms with Crippen LogP contribution >= 0.6 is 31.9 Å². The average Bonchev–Trinajstić information content (AvgIpc) is 2.73. The Labute approximate surface area is 205 Å². The first-order chi connectivity index (χ1) is 15.1. The zero-order chi connectivity index (χ0) is 23.6. The molecule has 0 spiro atoms. The number of fused-ring (bicyclic) bond motifs is 1. The van der Waals surface area contributed by atoms with Gasteiger partial charge in [-0.1, -0.05) is 13.0 Å². The number of rotatable bonds is 6. The van der Waals surface area contributed by atoms with Crippen molar-refractivity contribution in [2.75, 3.05) is 18.6 Å². The number of allylic oxidation sites excluding steroid dienone is 1. The number of nitrogens with zero attached hydrogens (tertiary/aromatic N) is 2. The molecule has 8 heteroatoms. The summed E-state index contributed by atoms with van der Waals surface area (Å²) in [5.74, 6) is 0.322. The highest BCUT2D eigenvalue weighted by molar-refractivity contribution is 9.11. The molecule has 0 aliphatic carbocycles. The third-order valence-corrected chi connectivity index (χ3v) is 6.63. The zero-order valence-electron chi connectivity index (χ0n) is 18.8. The lowest BCUT2D eigenvalue weighted by Crippen LogP contribution is -2.45. The van der Waals surface area contributed by atoms with Crippen LogP contribution in [-0.2, 0) is 0 Å². The minimum atomic E-state index is -0.397. The van der Waals surface area contributed by atoms with E-state index >= 15 is 0 Å². The summed E-state index contributed by atoms with van der Waals surface area (Å²) in [4.78, 5) is 14.9. The second kappa shape index (κ2) is 9.67. The van der Waals surface area contributed by atoms with Gasteiger partial charge in [-0.15, -0.1) is 0 Å². The molecule has 3 rings (SSSR count). The Hall–Kier alpha value is -2.32. The van der Waals surface area contributed by atoms with E-state index < -0.39 is 5.91 Å². The third kappa shape index (κ3) is 4.86. The van der Waals surface area contributed by atoms with E-state index in [0.717, 1.165) is 29.8 Å². The minimum absolute atomic E-state index is 0.0348. The Bertz CT molecular complexity index is 1090. The largest absolute Gasteiger partial charge is 0.506 e. The van der Waals surface area contributed by atoms with Crippen molar-refractivity contribution < 1.29 is 14.6 Å². The molecule has 0 saturated carbocycles. The smallest absolute Gasteiger partial charge is 0.271 e. The fourth-order valence-electron chi connectivity index (χ4n) is 3.95. The van der Waals surface area contributed by atoms with Crippen LogP contribution in [0.2, 0.25) is 0 Å². The van der Waals surface area contributed by atoms with Crippen molar-refractivity contribution in [3.05, 3.63) is 56.0 Å². The summed E-state index contributed by atoms with van der Waals surface area (Å²) in [6.07, 6.45) is 4.90. The number of phenolic OH excluding ortho intramolecular Hbond substituents is 1. The van der Waals surface area contributed by atoms with E-state index in [2.05, 4.69) is 81.1 Å². The highest BCUT2D eigenvalue weighted by Crippen LogP contribution is 2.42. The number of methoxy groups -OCH3 is 1. The minimum Gasteiger partial charge on any atom is -0.506 e. The molecule has 0 unspecified atom stereocenters. The number of amides is 1. The number of phenols is 1. The van der Waals surface area contributed by atoms with E-state index in [9.17, 15) is 9.90 Å². The molecule has 0 saturated heterocycles. The predicted octanol–water partition coefficient (Wildman–Crippen LogP) is 6.10. The topological polar surface area (TPSA) is 74.2 Å². The van der Waals surface area contributed by atoms with Gasteiger partial charge < -0.3 is 14.7 Å². The number of nitrogens with one attached hydrogen (secondary N) is 1. The fraction of sp³-hybridized carbons (Fsp3) is 0.333. The van der Waals surface area contributed by atoms with Crippen molar-refractivity contribution in [1.82, 2.24) is 5.43 Å². The number of hydrogen-bond acceptors (Lipinski definition) is 5. The highest BCUT2D eigenvalue weighted by Gasteiger charge is 2.31. The average molecular weight is 565 g/mol. The van der Waals surface area contributed by atoms with Crippen LogP contribution in [0.1, 0.15) is 55.6 Å². The molecule has 2 N–H and O–H groups in total. The van der Waals surface area contributed by atoms with Gasteiger partial charge in [0.05, 0.1) is 27.8 Å². The summed E-state index contributed by atoms with van der Waals surface area (Å²) in [6, 6.07) is 7.15. The van der Waals surface area contributed by atoms with Gasteiger partial charge in [0.2, 0.25) is 0 Å². The summed E-state index contributed by atoms with van der Waals surface area (Å²) < 4.78 is 6.47. The quantitative estimate of drug-likeness (QED) is 0.328. The summed E-state index contributed by atoms with van der Waals surface area (Å²) in [6.45, 7) is 9.65. The zero-order valence-corrected chi connectivity index (χ0v) is 22.0. The van der Waals surface area contributed by atoms with Gasteiger partial charge >= 0.3 is 0 Å². The van der Waals surface area contributed by atoms with E-state index in [4.69, 9.17) is 4.74 Å². The van der Waals surface area contributed by atoms with Gasteiger partial charge in [-0.2, -0.15) is 5.10 Å². The number of carbonyl (C=O) groups excluding carboxylic acids is 1. The van der Waals surface area contributed by atoms with Crippen LogP contribution in [0.15, 0.2) is 44.4 Å². The monoisotopic (exact) mass is 563 g/mol. The molecular formula is C24H27Br2N3O3. The van der Waals surface area contributed by atoms with Crippen molar-refractivity contribution in [3.8, 4) is 11.5 Å². The Morgan fingerprint density at radius 2 is 1.91 bits per heavy atom. The number of anilines is 1. The summed E-state index contributed by atoms with van der Waals surface area (Å²) in [7, 11) is 1.63. The Balaban J connectivity index is 1.90. The van der Waals surface area contributed by atoms with E-state index in [1.165, 1.54) is 17.7 Å². The van der Waals surface area contributed by atoms with Crippen molar-refractivity contribution in [3.63, 3.8) is 0 Å². The lowest BCUT2D eigenvalue weighted by molar-refractivity contribution is 0.0955. The van der Waals surface area contributed by atoms with Crippen LogP contribution in [0.4, 0.5) is 5.69 Å². The molecule has 32 heavy (non-hydrogen) atoms. The standard InChI is InChI=1S/C24H27Br2N3O3/c1-6-7-29-20-11-21(32-5)16(8-17(20)14(2)12-24(29,3)4)13-27-28-23(31)15-9-18(25)22(30)19(26)10-15/h8-13,30H,6-7H2,1-5H3,(H,28,31)/b27-13-. The number of ether oxygens (including phenoxy) is 1. The van der Waals surface area contributed by atoms with Gasteiger partial charge in [0, 0.05) is 35.0 Å². The van der Waals surface area contributed by atoms with Crippen LogP contribution in [0.5, 0.6) is 11.5 Å². The second-order valence-electron chi connectivity index (χ2n) is 8.23. The number of hydrogen-bond donors (Lipinski definition) is 2. The molecule has 1 aliphatic rings. The number of benzene rings is 2. The third-order valence-electron chi connectivity index (χ3n) is 5.43. The summed E-state index contributed by atoms with van der Waals surface area (Å²) >= 11 is 6.46. The molecule has 1 heterocycles. The van der Waals surface area contributed by atoms with Crippen LogP contribution < -0.4 is 15.1 Å². The molecule has 170 valence electrons. The first-order valence-corrected chi connectivity index (χ1v) is 11.9. The number of carbonyl (C=O) groups is 1. The van der Waals surface area contributed by atoms with Crippen molar-refractivity contribution in [1.29, 1.82) is 0 Å². The van der Waals surface area contributed by atoms with Gasteiger partial charge in [-0.25, -0.2) is 5.43 Å². The van der Waals surface area contributed by atoms with Crippen molar-refractivity contribution in [2.24, 2.45) is 5.10 Å². The maximum Gasteiger partial charge on any atom is 0.271 e. The highest BCUT2D eigenvalue weighted by atomic mass is 79.9. The SMILES string of the molecule is CCCN1c2cc(OC)c(/C=N\NC(=O)c3cc(Br)c(O)c(Br)c3)cc2C(C)=CC1(C)C. The molecule has 0 aromatic heterocycles. The van der Waals surface area contributed by atoms with Crippen LogP contribution in [0.3, 0.4) is 0 Å². The van der Waals surface area contributed by atoms with E-state index in [1.807, 2.05) is 12.1 Å². The Kier molecular flexibility index (Phi) is 7.35. The maximum atomic E-state index is 12.5. The molecule has 1 amide bonds. The van der Waals surface area contributed by atoms with Crippen molar-refractivity contribution in [2.45, 2.75) is 39.7 Å². The van der Waals surface area contributed by atoms with E-state index in [1.54, 1.807) is 13.3 Å². The summed E-state index contributed by atoms with van der Waals surface area (Å²) in [5.41, 5.74) is 7.01. The molecule has 0 fully saturated rings. The molecule has 1 aliphatic heterocycles. The molecule has 6 nitrogen and oxygen atoms in total. The lowest BCUT2D eigenvalue weighted by atomic mass is 9.87. The van der Waals surface area contributed by atoms with E-state index in [-0.39, 0.29) is 11.3 Å². The molecule has 0 radical (unpaired) electrons. The van der Waals surface area contributed by atoms with Crippen molar-refractivity contribution >= 4 is 55.2 Å². The van der Waals surface area contributed by atoms with Crippen LogP contribution in [0, 0.1) is 0 Å². The first-order valence-electron chi connectivity index (χ1n) is 10.3. The van der Waals surface area contributed by atoms with Gasteiger partial charge in [-0.3, -0.25) is 4.79 Å². The normalized spacial score (nSPS) is 14.8. The van der Waals surface area contributed by atoms with Gasteiger partial charge in [0.25, 0.3) is 5.91 Å². The van der Waals surface area contributed by atoms with Gasteiger partial charge in [0.1, 0.15) is 11.5 Å². The number of halogens is 2. The Morgan fingerprint density at radius 1 is 1.25 bits per heavy atom. The van der Waals surface area contributed by atoms with Gasteiger partial charge in [0.15, 0.2) is 0 Å². The maximum absolute atomic E-state index is 12.5. The second-order valence-corrected chi connectivity index (χ2v) is 9.94. The van der Waals surface area contributed by atoms with Gasteiger partial charge in [-0.05, 0) is 82.8 Å². The number of hydrazone groups is 1. The molecule has 0 bridgehead atoms. The van der Waals surface area contributed by atoms with E-state index in [0.29, 0.717) is 20.3 Å². The number of aromatic hydroxyl groups is 1. The first kappa shape index (κ1) is 24.3. The molecular weight excluding hydrogens is 538 g/mol. The lowest BCUT2D eigenvalue weighted by Gasteiger charge is -2.43. The van der Waals surface area contributed by atoms with Crippen LogP contribution in [-0.4, -0.2) is 36.4 Å². The Morgan fingerprint density at radius 3 is 2.50 bits per heavy atom. The fourth-order valence-corrected chi connectivity index (χ4v) is 5.14. The van der Waals surface area contributed by atoms with Crippen LogP contribution in [0.25, 0.3) is 5.57 Å². The molecule has 0 atom stereocenters. The molecule has 2 aromatic rings.